The van der Waals surface area contributed by atoms with E-state index in [-0.39, 0.29) is 17.5 Å². The van der Waals surface area contributed by atoms with Gasteiger partial charge in [-0.2, -0.15) is 0 Å². The highest BCUT2D eigenvalue weighted by molar-refractivity contribution is 6.28. The second kappa shape index (κ2) is 6.20. The number of nitrogens with zero attached hydrogens (tertiary/aromatic N) is 1. The van der Waals surface area contributed by atoms with E-state index in [4.69, 9.17) is 22.1 Å². The Bertz CT molecular complexity index is 602. The van der Waals surface area contributed by atoms with Crippen LogP contribution in [0.4, 0.5) is 10.1 Å². The minimum atomic E-state index is -0.362. The van der Waals surface area contributed by atoms with Gasteiger partial charge in [0.2, 0.25) is 0 Å². The van der Waals surface area contributed by atoms with Gasteiger partial charge in [0.25, 0.3) is 0 Å². The number of hydrogen-bond donors (Lipinski definition) is 1. The first-order valence-corrected chi connectivity index (χ1v) is 6.14. The molecular formula is C14H12ClFN2O. The summed E-state index contributed by atoms with van der Waals surface area (Å²) in [5.41, 5.74) is 6.14. The first kappa shape index (κ1) is 13.4. The Morgan fingerprint density at radius 1 is 1.21 bits per heavy atom. The number of hydrogen-bond acceptors (Lipinski definition) is 2. The summed E-state index contributed by atoms with van der Waals surface area (Å²) in [7, 11) is 0. The Balaban J connectivity index is 2.30. The topological polar surface area (TPSA) is 47.6 Å². The van der Waals surface area contributed by atoms with Crippen LogP contribution in [-0.2, 0) is 0 Å². The molecule has 0 aliphatic carbocycles. The van der Waals surface area contributed by atoms with Crippen molar-refractivity contribution in [1.29, 1.82) is 0 Å². The number of para-hydroxylation sites is 2. The van der Waals surface area contributed by atoms with Gasteiger partial charge < -0.3 is 10.5 Å². The number of nitrogens with two attached hydrogens (primary N) is 1. The van der Waals surface area contributed by atoms with Crippen molar-refractivity contribution in [2.45, 2.75) is 0 Å². The molecule has 0 aliphatic rings. The standard InChI is InChI=1S/C14H12ClFN2O/c15-9-14(17)18-12-6-1-2-7-13(12)19-11-5-3-4-10(16)8-11/h1-8H,9H2,(H2,17,18). The maximum atomic E-state index is 13.1. The molecule has 0 amide bonds. The highest BCUT2D eigenvalue weighted by Gasteiger charge is 2.04. The molecule has 0 saturated carbocycles. The van der Waals surface area contributed by atoms with Gasteiger partial charge in [0.1, 0.15) is 23.1 Å². The molecule has 2 N–H and O–H groups in total. The number of rotatable bonds is 4. The lowest BCUT2D eigenvalue weighted by molar-refractivity contribution is 0.478. The summed E-state index contributed by atoms with van der Waals surface area (Å²) >= 11 is 5.59. The molecule has 0 saturated heterocycles. The molecule has 2 aromatic carbocycles. The van der Waals surface area contributed by atoms with Gasteiger partial charge >= 0.3 is 0 Å². The third kappa shape index (κ3) is 3.69. The smallest absolute Gasteiger partial charge is 0.153 e. The molecular weight excluding hydrogens is 267 g/mol. The van der Waals surface area contributed by atoms with Gasteiger partial charge in [-0.05, 0) is 24.3 Å². The average Bonchev–Trinajstić information content (AvgIpc) is 2.41. The number of amidine groups is 1. The zero-order valence-electron chi connectivity index (χ0n) is 10.0. The Hall–Kier alpha value is -2.07. The molecule has 0 aliphatic heterocycles. The largest absolute Gasteiger partial charge is 0.455 e. The van der Waals surface area contributed by atoms with E-state index in [0.29, 0.717) is 17.2 Å². The SMILES string of the molecule is NC(CCl)=Nc1ccccc1Oc1cccc(F)c1. The maximum absolute atomic E-state index is 13.1. The van der Waals surface area contributed by atoms with Gasteiger partial charge in [0, 0.05) is 6.07 Å². The molecule has 98 valence electrons. The van der Waals surface area contributed by atoms with E-state index >= 15 is 0 Å². The third-order valence-electron chi connectivity index (χ3n) is 2.29. The maximum Gasteiger partial charge on any atom is 0.153 e. The molecule has 0 unspecified atom stereocenters. The molecule has 5 heteroatoms. The molecule has 2 aromatic rings. The molecule has 0 fully saturated rings. The highest BCUT2D eigenvalue weighted by Crippen LogP contribution is 2.31. The first-order chi connectivity index (χ1) is 9.19. The minimum Gasteiger partial charge on any atom is -0.455 e. The van der Waals surface area contributed by atoms with Crippen molar-refractivity contribution in [3.05, 3.63) is 54.3 Å². The number of ether oxygens (including phenoxy) is 1. The van der Waals surface area contributed by atoms with Crippen molar-refractivity contribution in [2.24, 2.45) is 10.7 Å². The zero-order chi connectivity index (χ0) is 13.7. The summed E-state index contributed by atoms with van der Waals surface area (Å²) in [6.07, 6.45) is 0. The fourth-order valence-corrected chi connectivity index (χ4v) is 1.54. The summed E-state index contributed by atoms with van der Waals surface area (Å²) in [6, 6.07) is 13.0. The van der Waals surface area contributed by atoms with Crippen LogP contribution in [0.1, 0.15) is 0 Å². The van der Waals surface area contributed by atoms with Crippen LogP contribution in [0.2, 0.25) is 0 Å². The predicted molar refractivity (Wildman–Crippen MR) is 74.9 cm³/mol. The van der Waals surface area contributed by atoms with E-state index in [1.165, 1.54) is 12.1 Å². The van der Waals surface area contributed by atoms with Gasteiger partial charge in [-0.15, -0.1) is 11.6 Å². The van der Waals surface area contributed by atoms with E-state index < -0.39 is 0 Å². The van der Waals surface area contributed by atoms with Crippen LogP contribution in [0.25, 0.3) is 0 Å². The Labute approximate surface area is 115 Å². The van der Waals surface area contributed by atoms with Crippen LogP contribution < -0.4 is 10.5 Å². The second-order valence-corrected chi connectivity index (χ2v) is 4.03. The van der Waals surface area contributed by atoms with Crippen molar-refractivity contribution in [3.8, 4) is 11.5 Å². The Morgan fingerprint density at radius 2 is 2.00 bits per heavy atom. The molecule has 0 spiro atoms. The van der Waals surface area contributed by atoms with Crippen LogP contribution in [0, 0.1) is 5.82 Å². The molecule has 0 atom stereocenters. The number of aliphatic imine (C=N–C) groups is 1. The van der Waals surface area contributed by atoms with E-state index in [9.17, 15) is 4.39 Å². The second-order valence-electron chi connectivity index (χ2n) is 3.76. The molecule has 3 nitrogen and oxygen atoms in total. The van der Waals surface area contributed by atoms with Gasteiger partial charge in [0.15, 0.2) is 5.75 Å². The Morgan fingerprint density at radius 3 is 2.74 bits per heavy atom. The van der Waals surface area contributed by atoms with Crippen molar-refractivity contribution in [1.82, 2.24) is 0 Å². The predicted octanol–water partition coefficient (Wildman–Crippen LogP) is 3.85. The molecule has 0 heterocycles. The molecule has 2 rings (SSSR count). The summed E-state index contributed by atoms with van der Waals surface area (Å²) in [5, 5.41) is 0. The lowest BCUT2D eigenvalue weighted by atomic mass is 10.3. The summed E-state index contributed by atoms with van der Waals surface area (Å²) < 4.78 is 18.7. The quantitative estimate of drug-likeness (QED) is 0.525. The monoisotopic (exact) mass is 278 g/mol. The van der Waals surface area contributed by atoms with Gasteiger partial charge in [0.05, 0.1) is 5.88 Å². The van der Waals surface area contributed by atoms with E-state index in [1.807, 2.05) is 0 Å². The number of halogens is 2. The summed E-state index contributed by atoms with van der Waals surface area (Å²) in [4.78, 5) is 4.14. The van der Waals surface area contributed by atoms with Crippen molar-refractivity contribution < 1.29 is 9.13 Å². The van der Waals surface area contributed by atoms with Crippen molar-refractivity contribution in [3.63, 3.8) is 0 Å². The lowest BCUT2D eigenvalue weighted by Crippen LogP contribution is -2.12. The van der Waals surface area contributed by atoms with Gasteiger partial charge in [-0.25, -0.2) is 9.38 Å². The van der Waals surface area contributed by atoms with E-state index in [1.54, 1.807) is 36.4 Å². The fraction of sp³-hybridized carbons (Fsp3) is 0.0714. The van der Waals surface area contributed by atoms with E-state index in [2.05, 4.69) is 4.99 Å². The van der Waals surface area contributed by atoms with E-state index in [0.717, 1.165) is 0 Å². The van der Waals surface area contributed by atoms with Crippen molar-refractivity contribution >= 4 is 23.1 Å². The first-order valence-electron chi connectivity index (χ1n) is 5.60. The molecule has 0 aromatic heterocycles. The lowest BCUT2D eigenvalue weighted by Gasteiger charge is -2.08. The normalized spacial score (nSPS) is 11.4. The molecule has 19 heavy (non-hydrogen) atoms. The van der Waals surface area contributed by atoms with Gasteiger partial charge in [-0.1, -0.05) is 18.2 Å². The van der Waals surface area contributed by atoms with Crippen LogP contribution in [-0.4, -0.2) is 11.7 Å². The summed E-state index contributed by atoms with van der Waals surface area (Å²) in [5.74, 6) is 0.942. The summed E-state index contributed by atoms with van der Waals surface area (Å²) in [6.45, 7) is 0. The highest BCUT2D eigenvalue weighted by atomic mass is 35.5. The minimum absolute atomic E-state index is 0.133. The number of benzene rings is 2. The Kier molecular flexibility index (Phi) is 4.36. The van der Waals surface area contributed by atoms with Crippen LogP contribution in [0.15, 0.2) is 53.5 Å². The number of alkyl halides is 1. The van der Waals surface area contributed by atoms with Crippen molar-refractivity contribution in [2.75, 3.05) is 5.88 Å². The van der Waals surface area contributed by atoms with Crippen LogP contribution >= 0.6 is 11.6 Å². The molecule has 0 bridgehead atoms. The molecule has 0 radical (unpaired) electrons. The fourth-order valence-electron chi connectivity index (χ4n) is 1.48. The zero-order valence-corrected chi connectivity index (χ0v) is 10.8. The van der Waals surface area contributed by atoms with Crippen LogP contribution in [0.5, 0.6) is 11.5 Å². The third-order valence-corrected chi connectivity index (χ3v) is 2.56. The van der Waals surface area contributed by atoms with Crippen LogP contribution in [0.3, 0.4) is 0 Å². The van der Waals surface area contributed by atoms with Gasteiger partial charge in [-0.3, -0.25) is 0 Å². The average molecular weight is 279 g/mol.